The van der Waals surface area contributed by atoms with E-state index in [1.807, 2.05) is 5.32 Å². The normalized spacial score (nSPS) is 19.1. The molecule has 3 nitrogen and oxygen atoms in total. The molecule has 0 bridgehead atoms. The fraction of sp³-hybridized carbons (Fsp3) is 0.875. The molecule has 0 aromatic heterocycles. The molecule has 1 fully saturated rings. The molecule has 0 saturated heterocycles. The highest BCUT2D eigenvalue weighted by Crippen LogP contribution is 2.48. The second-order valence-corrected chi connectivity index (χ2v) is 3.48. The lowest BCUT2D eigenvalue weighted by Crippen LogP contribution is -2.48. The maximum absolute atomic E-state index is 12.3. The maximum Gasteiger partial charge on any atom is 0.411 e. The van der Waals surface area contributed by atoms with Gasteiger partial charge in [-0.3, -0.25) is 4.79 Å². The molecule has 2 N–H and O–H groups in total. The number of amides is 1. The number of hydrogen-bond donors (Lipinski definition) is 2. The topological polar surface area (TPSA) is 41.1 Å². The van der Waals surface area contributed by atoms with Gasteiger partial charge in [-0.2, -0.15) is 13.2 Å². The van der Waals surface area contributed by atoms with Crippen LogP contribution in [0, 0.1) is 0 Å². The quantitative estimate of drug-likeness (QED) is 0.720. The molecule has 1 aliphatic carbocycles. The van der Waals surface area contributed by atoms with Crippen molar-refractivity contribution < 1.29 is 18.0 Å². The first-order valence-electron chi connectivity index (χ1n) is 4.44. The maximum atomic E-state index is 12.3. The lowest BCUT2D eigenvalue weighted by atomic mass is 10.2. The Bertz CT molecular complexity index is 223. The Labute approximate surface area is 80.0 Å². The number of alkyl halides is 3. The van der Waals surface area contributed by atoms with Crippen LogP contribution in [0.4, 0.5) is 13.2 Å². The number of carbonyl (C=O) groups excluding carboxylic acids is 1. The van der Waals surface area contributed by atoms with Crippen molar-refractivity contribution >= 4 is 5.91 Å². The number of halogens is 3. The molecule has 0 aromatic rings. The third-order valence-corrected chi connectivity index (χ3v) is 2.27. The van der Waals surface area contributed by atoms with Crippen LogP contribution >= 0.6 is 0 Å². The van der Waals surface area contributed by atoms with Gasteiger partial charge in [0, 0.05) is 13.0 Å². The Morgan fingerprint density at radius 2 is 2.00 bits per heavy atom. The van der Waals surface area contributed by atoms with Crippen molar-refractivity contribution in [2.24, 2.45) is 0 Å². The van der Waals surface area contributed by atoms with Gasteiger partial charge in [0.05, 0.1) is 0 Å². The molecule has 1 rings (SSSR count). The fourth-order valence-electron chi connectivity index (χ4n) is 1.17. The molecule has 14 heavy (non-hydrogen) atoms. The number of carbonyl (C=O) groups is 1. The molecule has 0 radical (unpaired) electrons. The van der Waals surface area contributed by atoms with Crippen molar-refractivity contribution in [1.29, 1.82) is 0 Å². The second kappa shape index (κ2) is 3.76. The number of nitrogens with one attached hydrogen (secondary N) is 2. The van der Waals surface area contributed by atoms with Crippen molar-refractivity contribution in [2.75, 3.05) is 13.6 Å². The minimum atomic E-state index is -4.32. The molecule has 1 aliphatic rings. The minimum Gasteiger partial charge on any atom is -0.342 e. The third kappa shape index (κ3) is 2.37. The molecular formula is C8H13F3N2O. The number of hydrogen-bond acceptors (Lipinski definition) is 2. The van der Waals surface area contributed by atoms with E-state index in [0.717, 1.165) is 0 Å². The second-order valence-electron chi connectivity index (χ2n) is 3.48. The van der Waals surface area contributed by atoms with Crippen LogP contribution in [0.25, 0.3) is 0 Å². The van der Waals surface area contributed by atoms with E-state index in [1.54, 1.807) is 7.05 Å². The Morgan fingerprint density at radius 1 is 1.43 bits per heavy atom. The molecule has 0 atom stereocenters. The van der Waals surface area contributed by atoms with E-state index in [1.165, 1.54) is 0 Å². The van der Waals surface area contributed by atoms with Crippen LogP contribution in [-0.2, 0) is 4.79 Å². The summed E-state index contributed by atoms with van der Waals surface area (Å²) in [6.07, 6.45) is -4.24. The van der Waals surface area contributed by atoms with Crippen LogP contribution in [-0.4, -0.2) is 31.2 Å². The predicted molar refractivity (Wildman–Crippen MR) is 44.7 cm³/mol. The summed E-state index contributed by atoms with van der Waals surface area (Å²) < 4.78 is 37.0. The average Bonchev–Trinajstić information content (AvgIpc) is 2.80. The first-order chi connectivity index (χ1) is 6.41. The summed E-state index contributed by atoms with van der Waals surface area (Å²) in [7, 11) is 1.64. The lowest BCUT2D eigenvalue weighted by Gasteiger charge is -2.20. The summed E-state index contributed by atoms with van der Waals surface area (Å²) in [5, 5.41) is 4.74. The van der Waals surface area contributed by atoms with Crippen molar-refractivity contribution in [2.45, 2.75) is 31.0 Å². The van der Waals surface area contributed by atoms with Crippen molar-refractivity contribution in [3.63, 3.8) is 0 Å². The summed E-state index contributed by atoms with van der Waals surface area (Å²) in [6, 6.07) is 0. The summed E-state index contributed by atoms with van der Waals surface area (Å²) in [6.45, 7) is 0.389. The fourth-order valence-corrected chi connectivity index (χ4v) is 1.17. The summed E-state index contributed by atoms with van der Waals surface area (Å²) in [4.78, 5) is 11.1. The van der Waals surface area contributed by atoms with Crippen LogP contribution in [0.1, 0.15) is 19.3 Å². The van der Waals surface area contributed by atoms with E-state index in [9.17, 15) is 18.0 Å². The number of rotatable bonds is 4. The van der Waals surface area contributed by atoms with Crippen LogP contribution < -0.4 is 10.6 Å². The highest BCUT2D eigenvalue weighted by atomic mass is 19.4. The van der Waals surface area contributed by atoms with E-state index < -0.39 is 17.6 Å². The molecule has 1 amide bonds. The zero-order valence-corrected chi connectivity index (χ0v) is 7.87. The zero-order valence-electron chi connectivity index (χ0n) is 7.87. The van der Waals surface area contributed by atoms with Crippen molar-refractivity contribution in [3.05, 3.63) is 0 Å². The van der Waals surface area contributed by atoms with E-state index >= 15 is 0 Å². The summed E-state index contributed by atoms with van der Waals surface area (Å²) in [5.41, 5.74) is -1.92. The summed E-state index contributed by atoms with van der Waals surface area (Å²) in [5.74, 6) is -0.547. The molecule has 0 unspecified atom stereocenters. The Morgan fingerprint density at radius 3 is 2.36 bits per heavy atom. The van der Waals surface area contributed by atoms with Crippen LogP contribution in [0.5, 0.6) is 0 Å². The first-order valence-corrected chi connectivity index (χ1v) is 4.44. The Kier molecular flexibility index (Phi) is 3.04. The van der Waals surface area contributed by atoms with Crippen molar-refractivity contribution in [3.8, 4) is 0 Å². The SMILES string of the molecule is CNCCC(=O)NC1(C(F)(F)F)CC1. The molecular weight excluding hydrogens is 197 g/mol. The van der Waals surface area contributed by atoms with Gasteiger partial charge in [0.2, 0.25) is 5.91 Å². The smallest absolute Gasteiger partial charge is 0.342 e. The van der Waals surface area contributed by atoms with Gasteiger partial charge in [0.15, 0.2) is 0 Å². The van der Waals surface area contributed by atoms with E-state index in [2.05, 4.69) is 5.32 Å². The Balaban J connectivity index is 2.40. The first kappa shape index (κ1) is 11.3. The van der Waals surface area contributed by atoms with Crippen LogP contribution in [0.15, 0.2) is 0 Å². The average molecular weight is 210 g/mol. The highest BCUT2D eigenvalue weighted by molar-refractivity contribution is 5.77. The van der Waals surface area contributed by atoms with Gasteiger partial charge in [-0.1, -0.05) is 0 Å². The lowest BCUT2D eigenvalue weighted by molar-refractivity contribution is -0.170. The molecule has 0 aromatic carbocycles. The van der Waals surface area contributed by atoms with Gasteiger partial charge in [-0.25, -0.2) is 0 Å². The third-order valence-electron chi connectivity index (χ3n) is 2.27. The van der Waals surface area contributed by atoms with Gasteiger partial charge in [-0.15, -0.1) is 0 Å². The van der Waals surface area contributed by atoms with Gasteiger partial charge in [0.1, 0.15) is 5.54 Å². The van der Waals surface area contributed by atoms with Gasteiger partial charge in [-0.05, 0) is 19.9 Å². The summed E-state index contributed by atoms with van der Waals surface area (Å²) >= 11 is 0. The predicted octanol–water partition coefficient (Wildman–Crippen LogP) is 0.807. The molecule has 1 saturated carbocycles. The van der Waals surface area contributed by atoms with Gasteiger partial charge >= 0.3 is 6.18 Å². The van der Waals surface area contributed by atoms with Crippen LogP contribution in [0.3, 0.4) is 0 Å². The molecule has 82 valence electrons. The zero-order chi connectivity index (χ0) is 10.8. The van der Waals surface area contributed by atoms with E-state index in [4.69, 9.17) is 0 Å². The monoisotopic (exact) mass is 210 g/mol. The van der Waals surface area contributed by atoms with Crippen molar-refractivity contribution in [1.82, 2.24) is 10.6 Å². The van der Waals surface area contributed by atoms with Crippen LogP contribution in [0.2, 0.25) is 0 Å². The molecule has 0 spiro atoms. The molecule has 6 heteroatoms. The molecule has 0 heterocycles. The highest BCUT2D eigenvalue weighted by Gasteiger charge is 2.64. The van der Waals surface area contributed by atoms with E-state index in [-0.39, 0.29) is 19.3 Å². The Hall–Kier alpha value is -0.780. The standard InChI is InChI=1S/C8H13F3N2O/c1-12-5-2-6(14)13-7(3-4-7)8(9,10)11/h12H,2-5H2,1H3,(H,13,14). The van der Waals surface area contributed by atoms with Gasteiger partial charge in [0.25, 0.3) is 0 Å². The van der Waals surface area contributed by atoms with E-state index in [0.29, 0.717) is 6.54 Å². The largest absolute Gasteiger partial charge is 0.411 e. The molecule has 0 aliphatic heterocycles. The van der Waals surface area contributed by atoms with Gasteiger partial charge < -0.3 is 10.6 Å². The minimum absolute atomic E-state index is 0.00178.